The maximum atomic E-state index is 12.3. The lowest BCUT2D eigenvalue weighted by Gasteiger charge is -2.14. The van der Waals surface area contributed by atoms with Crippen LogP contribution in [-0.4, -0.2) is 31.5 Å². The molecule has 2 rings (SSSR count). The van der Waals surface area contributed by atoms with E-state index in [1.807, 2.05) is 0 Å². The van der Waals surface area contributed by atoms with E-state index in [0.29, 0.717) is 5.02 Å². The van der Waals surface area contributed by atoms with E-state index in [1.54, 1.807) is 0 Å². The van der Waals surface area contributed by atoms with E-state index in [0.717, 1.165) is 10.5 Å². The van der Waals surface area contributed by atoms with Crippen LogP contribution in [0.15, 0.2) is 39.8 Å². The van der Waals surface area contributed by atoms with E-state index in [-0.39, 0.29) is 10.9 Å². The SMILES string of the molecule is CN(c1ncc(C(=O)O)o1)S(=O)(=O)c1ccc(Cl)cc1. The number of rotatable bonds is 4. The van der Waals surface area contributed by atoms with E-state index in [2.05, 4.69) is 4.98 Å². The Morgan fingerprint density at radius 2 is 1.95 bits per heavy atom. The minimum Gasteiger partial charge on any atom is -0.475 e. The summed E-state index contributed by atoms with van der Waals surface area (Å²) >= 11 is 5.69. The molecule has 0 amide bonds. The van der Waals surface area contributed by atoms with Gasteiger partial charge in [0, 0.05) is 12.1 Å². The van der Waals surface area contributed by atoms with Crippen LogP contribution in [0.4, 0.5) is 6.01 Å². The molecular weight excluding hydrogens is 308 g/mol. The number of carbonyl (C=O) groups is 1. The van der Waals surface area contributed by atoms with E-state index in [4.69, 9.17) is 21.1 Å². The molecule has 0 fully saturated rings. The standard InChI is InChI=1S/C11H9ClN2O5S/c1-14(11-13-6-9(19-11)10(15)16)20(17,18)8-4-2-7(12)3-5-8/h2-6H,1H3,(H,15,16). The van der Waals surface area contributed by atoms with Crippen molar-refractivity contribution in [1.82, 2.24) is 4.98 Å². The molecule has 1 N–H and O–H groups in total. The molecule has 9 heteroatoms. The molecule has 0 saturated heterocycles. The highest BCUT2D eigenvalue weighted by Gasteiger charge is 2.25. The van der Waals surface area contributed by atoms with Crippen LogP contribution in [0.5, 0.6) is 0 Å². The highest BCUT2D eigenvalue weighted by Crippen LogP contribution is 2.22. The van der Waals surface area contributed by atoms with Gasteiger partial charge in [-0.3, -0.25) is 0 Å². The van der Waals surface area contributed by atoms with Crippen LogP contribution in [-0.2, 0) is 10.0 Å². The van der Waals surface area contributed by atoms with Gasteiger partial charge in [0.15, 0.2) is 0 Å². The number of anilines is 1. The summed E-state index contributed by atoms with van der Waals surface area (Å²) in [5.74, 6) is -1.78. The number of nitrogens with zero attached hydrogens (tertiary/aromatic N) is 2. The van der Waals surface area contributed by atoms with Crippen molar-refractivity contribution in [2.45, 2.75) is 4.90 Å². The Bertz CT molecular complexity index is 738. The molecule has 0 saturated carbocycles. The van der Waals surface area contributed by atoms with Crippen LogP contribution in [0.1, 0.15) is 10.6 Å². The predicted molar refractivity (Wildman–Crippen MR) is 70.5 cm³/mol. The van der Waals surface area contributed by atoms with Gasteiger partial charge < -0.3 is 9.52 Å². The number of halogens is 1. The van der Waals surface area contributed by atoms with Crippen LogP contribution >= 0.6 is 11.6 Å². The number of benzene rings is 1. The van der Waals surface area contributed by atoms with Gasteiger partial charge in [-0.25, -0.2) is 22.5 Å². The van der Waals surface area contributed by atoms with Gasteiger partial charge in [0.05, 0.1) is 11.1 Å². The minimum atomic E-state index is -3.90. The summed E-state index contributed by atoms with van der Waals surface area (Å²) in [5.41, 5.74) is 0. The molecule has 0 aliphatic carbocycles. The normalized spacial score (nSPS) is 11.3. The van der Waals surface area contributed by atoms with Crippen LogP contribution in [0.3, 0.4) is 0 Å². The van der Waals surface area contributed by atoms with Crippen LogP contribution in [0.25, 0.3) is 0 Å². The van der Waals surface area contributed by atoms with Gasteiger partial charge in [-0.05, 0) is 24.3 Å². The minimum absolute atomic E-state index is 0.0144. The number of hydrogen-bond donors (Lipinski definition) is 1. The Morgan fingerprint density at radius 3 is 2.45 bits per heavy atom. The lowest BCUT2D eigenvalue weighted by atomic mass is 10.4. The molecule has 0 aliphatic rings. The molecule has 20 heavy (non-hydrogen) atoms. The molecule has 1 heterocycles. The molecule has 0 unspecified atom stereocenters. The maximum Gasteiger partial charge on any atom is 0.373 e. The fourth-order valence-corrected chi connectivity index (χ4v) is 2.59. The lowest BCUT2D eigenvalue weighted by Crippen LogP contribution is -2.26. The Labute approximate surface area is 119 Å². The average molecular weight is 317 g/mol. The lowest BCUT2D eigenvalue weighted by molar-refractivity contribution is 0.0663. The third kappa shape index (κ3) is 2.61. The Kier molecular flexibility index (Phi) is 3.69. The average Bonchev–Trinajstić information content (AvgIpc) is 2.88. The van der Waals surface area contributed by atoms with Gasteiger partial charge in [-0.15, -0.1) is 0 Å². The summed E-state index contributed by atoms with van der Waals surface area (Å²) in [6, 6.07) is 5.18. The second-order valence-corrected chi connectivity index (χ2v) is 6.14. The van der Waals surface area contributed by atoms with Crippen molar-refractivity contribution in [2.75, 3.05) is 11.4 Å². The largest absolute Gasteiger partial charge is 0.475 e. The molecule has 2 aromatic rings. The highest BCUT2D eigenvalue weighted by atomic mass is 35.5. The van der Waals surface area contributed by atoms with E-state index >= 15 is 0 Å². The molecular formula is C11H9ClN2O5S. The zero-order valence-electron chi connectivity index (χ0n) is 10.1. The van der Waals surface area contributed by atoms with Crippen LogP contribution in [0, 0.1) is 0 Å². The Balaban J connectivity index is 2.37. The quantitative estimate of drug-likeness (QED) is 0.923. The molecule has 0 spiro atoms. The Morgan fingerprint density at radius 1 is 1.35 bits per heavy atom. The smallest absolute Gasteiger partial charge is 0.373 e. The second kappa shape index (κ2) is 5.14. The number of sulfonamides is 1. The fraction of sp³-hybridized carbons (Fsp3) is 0.0909. The van der Waals surface area contributed by atoms with Crippen molar-refractivity contribution in [3.63, 3.8) is 0 Å². The van der Waals surface area contributed by atoms with Gasteiger partial charge in [0.1, 0.15) is 0 Å². The van der Waals surface area contributed by atoms with Crippen molar-refractivity contribution < 1.29 is 22.7 Å². The van der Waals surface area contributed by atoms with Crippen molar-refractivity contribution >= 4 is 33.6 Å². The molecule has 1 aromatic carbocycles. The number of oxazole rings is 1. The number of aromatic carboxylic acids is 1. The summed E-state index contributed by atoms with van der Waals surface area (Å²) < 4.78 is 30.1. The monoisotopic (exact) mass is 316 g/mol. The van der Waals surface area contributed by atoms with Crippen molar-refractivity contribution in [3.8, 4) is 0 Å². The fourth-order valence-electron chi connectivity index (χ4n) is 1.38. The first-order valence-electron chi connectivity index (χ1n) is 5.26. The predicted octanol–water partition coefficient (Wildman–Crippen LogP) is 1.85. The second-order valence-electron chi connectivity index (χ2n) is 3.74. The molecule has 0 aliphatic heterocycles. The number of aromatic nitrogens is 1. The van der Waals surface area contributed by atoms with Gasteiger partial charge in [0.25, 0.3) is 10.0 Å². The molecule has 106 valence electrons. The van der Waals surface area contributed by atoms with Crippen molar-refractivity contribution in [2.24, 2.45) is 0 Å². The topological polar surface area (TPSA) is 101 Å². The van der Waals surface area contributed by atoms with Crippen molar-refractivity contribution in [1.29, 1.82) is 0 Å². The first-order chi connectivity index (χ1) is 9.32. The van der Waals surface area contributed by atoms with E-state index in [1.165, 1.54) is 31.3 Å². The molecule has 0 atom stereocenters. The third-order valence-corrected chi connectivity index (χ3v) is 4.44. The third-order valence-electron chi connectivity index (χ3n) is 2.45. The van der Waals surface area contributed by atoms with E-state index < -0.39 is 21.8 Å². The first-order valence-corrected chi connectivity index (χ1v) is 7.08. The van der Waals surface area contributed by atoms with E-state index in [9.17, 15) is 13.2 Å². The maximum absolute atomic E-state index is 12.3. The molecule has 0 bridgehead atoms. The zero-order valence-corrected chi connectivity index (χ0v) is 11.7. The van der Waals surface area contributed by atoms with Crippen LogP contribution in [0.2, 0.25) is 5.02 Å². The summed E-state index contributed by atoms with van der Waals surface area (Å²) in [4.78, 5) is 14.3. The summed E-state index contributed by atoms with van der Waals surface area (Å²) in [6.07, 6.45) is 0.936. The van der Waals surface area contributed by atoms with Crippen LogP contribution < -0.4 is 4.31 Å². The number of carboxylic acid groups (broad SMARTS) is 1. The molecule has 1 aromatic heterocycles. The zero-order chi connectivity index (χ0) is 14.9. The number of hydrogen-bond acceptors (Lipinski definition) is 5. The Hall–Kier alpha value is -2.06. The molecule has 7 nitrogen and oxygen atoms in total. The van der Waals surface area contributed by atoms with Gasteiger partial charge in [-0.2, -0.15) is 0 Å². The van der Waals surface area contributed by atoms with Gasteiger partial charge in [0.2, 0.25) is 5.76 Å². The number of carboxylic acids is 1. The summed E-state index contributed by atoms with van der Waals surface area (Å²) in [7, 11) is -2.69. The first kappa shape index (κ1) is 14.4. The van der Waals surface area contributed by atoms with Gasteiger partial charge >= 0.3 is 12.0 Å². The highest BCUT2D eigenvalue weighted by molar-refractivity contribution is 7.92. The van der Waals surface area contributed by atoms with Crippen molar-refractivity contribution in [3.05, 3.63) is 41.2 Å². The summed E-state index contributed by atoms with van der Waals surface area (Å²) in [5, 5.41) is 9.11. The van der Waals surface area contributed by atoms with Gasteiger partial charge in [-0.1, -0.05) is 11.6 Å². The molecule has 0 radical (unpaired) electrons. The summed E-state index contributed by atoms with van der Waals surface area (Å²) in [6.45, 7) is 0.